The van der Waals surface area contributed by atoms with E-state index in [0.717, 1.165) is 56.9 Å². The summed E-state index contributed by atoms with van der Waals surface area (Å²) in [4.78, 5) is 69.8. The summed E-state index contributed by atoms with van der Waals surface area (Å²) in [7, 11) is 0. The summed E-state index contributed by atoms with van der Waals surface area (Å²) in [6, 6.07) is 4.63. The van der Waals surface area contributed by atoms with Gasteiger partial charge in [0, 0.05) is 37.9 Å². The number of nitrogens with one attached hydrogen (secondary N) is 3. The molecule has 1 aromatic carbocycles. The van der Waals surface area contributed by atoms with Gasteiger partial charge in [0.05, 0.1) is 0 Å². The van der Waals surface area contributed by atoms with Gasteiger partial charge in [-0.15, -0.1) is 0 Å². The minimum Gasteiger partial charge on any atom is -0.481 e. The highest BCUT2D eigenvalue weighted by Crippen LogP contribution is 2.13. The second-order valence-corrected chi connectivity index (χ2v) is 12.3. The molecule has 0 saturated carbocycles. The second kappa shape index (κ2) is 26.0. The Balaban J connectivity index is 2.16. The summed E-state index contributed by atoms with van der Waals surface area (Å²) >= 11 is 0. The van der Waals surface area contributed by atoms with E-state index in [4.69, 9.17) is 15.9 Å². The van der Waals surface area contributed by atoms with Gasteiger partial charge in [-0.25, -0.2) is 4.79 Å². The van der Waals surface area contributed by atoms with Crippen LogP contribution < -0.4 is 21.7 Å². The van der Waals surface area contributed by atoms with Crippen molar-refractivity contribution in [1.29, 1.82) is 0 Å². The van der Waals surface area contributed by atoms with E-state index in [9.17, 15) is 33.9 Å². The van der Waals surface area contributed by atoms with Crippen molar-refractivity contribution in [2.45, 2.75) is 141 Å². The van der Waals surface area contributed by atoms with Crippen molar-refractivity contribution in [3.05, 3.63) is 35.4 Å². The summed E-state index contributed by atoms with van der Waals surface area (Å²) in [5.74, 6) is -3.91. The van der Waals surface area contributed by atoms with Gasteiger partial charge >= 0.3 is 17.9 Å². The molecule has 0 saturated heterocycles. The minimum atomic E-state index is -1.19. The molecular formula is C35H56N4O9. The van der Waals surface area contributed by atoms with E-state index < -0.39 is 30.0 Å². The van der Waals surface area contributed by atoms with Crippen LogP contribution in [0, 0.1) is 0 Å². The van der Waals surface area contributed by atoms with Crippen LogP contribution in [0.15, 0.2) is 24.3 Å². The number of carboxylic acids is 3. The fourth-order valence-electron chi connectivity index (χ4n) is 5.11. The van der Waals surface area contributed by atoms with Crippen molar-refractivity contribution < 1.29 is 44.1 Å². The Bertz CT molecular complexity index is 1130. The number of aliphatic carboxylic acids is 3. The second-order valence-electron chi connectivity index (χ2n) is 12.3. The van der Waals surface area contributed by atoms with Crippen LogP contribution in [0.5, 0.6) is 0 Å². The number of carbonyl (C=O) groups excluding carboxylic acids is 3. The topological polar surface area (TPSA) is 225 Å². The van der Waals surface area contributed by atoms with Gasteiger partial charge in [0.25, 0.3) is 5.91 Å². The zero-order valence-corrected chi connectivity index (χ0v) is 28.2. The van der Waals surface area contributed by atoms with Gasteiger partial charge in [0.2, 0.25) is 11.8 Å². The number of rotatable bonds is 29. The van der Waals surface area contributed by atoms with Crippen LogP contribution in [0.4, 0.5) is 0 Å². The largest absolute Gasteiger partial charge is 0.481 e. The van der Waals surface area contributed by atoms with Crippen molar-refractivity contribution in [3.8, 4) is 0 Å². The lowest BCUT2D eigenvalue weighted by Gasteiger charge is -2.14. The number of nitrogens with two attached hydrogens (primary N) is 1. The van der Waals surface area contributed by atoms with Crippen LogP contribution in [0.25, 0.3) is 0 Å². The van der Waals surface area contributed by atoms with E-state index in [0.29, 0.717) is 37.8 Å². The molecular weight excluding hydrogens is 620 g/mol. The van der Waals surface area contributed by atoms with Crippen molar-refractivity contribution in [2.75, 3.05) is 6.54 Å². The highest BCUT2D eigenvalue weighted by molar-refractivity contribution is 5.94. The van der Waals surface area contributed by atoms with Crippen LogP contribution in [0.1, 0.15) is 138 Å². The van der Waals surface area contributed by atoms with Crippen molar-refractivity contribution >= 4 is 35.6 Å². The molecule has 0 unspecified atom stereocenters. The zero-order chi connectivity index (χ0) is 35.6. The van der Waals surface area contributed by atoms with Crippen LogP contribution in [-0.2, 0) is 30.5 Å². The average Bonchev–Trinajstić information content (AvgIpc) is 3.05. The molecule has 2 atom stereocenters. The maximum atomic E-state index is 12.3. The molecule has 0 bridgehead atoms. The number of benzene rings is 1. The van der Waals surface area contributed by atoms with Crippen LogP contribution in [0.3, 0.4) is 0 Å². The monoisotopic (exact) mass is 676 g/mol. The lowest BCUT2D eigenvalue weighted by atomic mass is 10.0. The van der Waals surface area contributed by atoms with Gasteiger partial charge in [-0.2, -0.15) is 0 Å². The Kier molecular flexibility index (Phi) is 22.8. The molecule has 0 aromatic heterocycles. The molecule has 0 heterocycles. The van der Waals surface area contributed by atoms with E-state index in [2.05, 4.69) is 16.0 Å². The van der Waals surface area contributed by atoms with Gasteiger partial charge in [0.1, 0.15) is 12.1 Å². The third kappa shape index (κ3) is 21.7. The predicted octanol–water partition coefficient (Wildman–Crippen LogP) is 4.51. The highest BCUT2D eigenvalue weighted by atomic mass is 16.4. The SMILES string of the molecule is N[C@@H](CCCCNC(=O)c1ccc(CNC(=O)CC[C@H](NC(=O)CCCCCCCCCCCCCCC(=O)O)C(=O)O)cc1)C(=O)O. The van der Waals surface area contributed by atoms with Gasteiger partial charge in [-0.3, -0.25) is 24.0 Å². The molecule has 0 aliphatic carbocycles. The molecule has 270 valence electrons. The van der Waals surface area contributed by atoms with Crippen molar-refractivity contribution in [2.24, 2.45) is 5.73 Å². The Hall–Kier alpha value is -4.00. The van der Waals surface area contributed by atoms with Crippen LogP contribution in [-0.4, -0.2) is 69.6 Å². The lowest BCUT2D eigenvalue weighted by molar-refractivity contribution is -0.142. The molecule has 1 aromatic rings. The van der Waals surface area contributed by atoms with Crippen LogP contribution in [0.2, 0.25) is 0 Å². The maximum absolute atomic E-state index is 12.3. The Morgan fingerprint density at radius 2 is 1.12 bits per heavy atom. The fraction of sp³-hybridized carbons (Fsp3) is 0.657. The third-order valence-electron chi connectivity index (χ3n) is 8.09. The number of amides is 3. The first-order valence-electron chi connectivity index (χ1n) is 17.4. The first kappa shape index (κ1) is 42.0. The minimum absolute atomic E-state index is 0.0312. The van der Waals surface area contributed by atoms with Crippen LogP contribution >= 0.6 is 0 Å². The Labute approximate surface area is 283 Å². The van der Waals surface area contributed by atoms with E-state index in [1.54, 1.807) is 24.3 Å². The maximum Gasteiger partial charge on any atom is 0.326 e. The summed E-state index contributed by atoms with van der Waals surface area (Å²) in [5.41, 5.74) is 6.66. The highest BCUT2D eigenvalue weighted by Gasteiger charge is 2.21. The summed E-state index contributed by atoms with van der Waals surface area (Å²) < 4.78 is 0. The van der Waals surface area contributed by atoms with Gasteiger partial charge in [0.15, 0.2) is 0 Å². The number of hydrogen-bond donors (Lipinski definition) is 7. The molecule has 0 fully saturated rings. The summed E-state index contributed by atoms with van der Waals surface area (Å²) in [6.45, 7) is 0.592. The molecule has 1 rings (SSSR count). The molecule has 13 nitrogen and oxygen atoms in total. The molecule has 13 heteroatoms. The number of hydrogen-bond acceptors (Lipinski definition) is 7. The number of carboxylic acid groups (broad SMARTS) is 3. The molecule has 3 amide bonds. The van der Waals surface area contributed by atoms with Gasteiger partial charge in [-0.05, 0) is 56.2 Å². The quantitative estimate of drug-likeness (QED) is 0.0588. The molecule has 0 spiro atoms. The standard InChI is InChI=1S/C35H56N4O9/c36-28(34(45)46)15-13-14-24-37-33(44)27-20-18-26(19-21-27)25-38-30(40)23-22-29(35(47)48)39-31(41)16-11-9-7-5-3-1-2-4-6-8-10-12-17-32(42)43/h18-21,28-29H,1-17,22-25,36H2,(H,37,44)(H,38,40)(H,39,41)(H,42,43)(H,45,46)(H,47,48)/t28-,29-/m0/s1. The predicted molar refractivity (Wildman–Crippen MR) is 181 cm³/mol. The first-order valence-corrected chi connectivity index (χ1v) is 17.4. The lowest BCUT2D eigenvalue weighted by Crippen LogP contribution is -2.41. The molecule has 0 aliphatic heterocycles. The number of unbranched alkanes of at least 4 members (excludes halogenated alkanes) is 12. The smallest absolute Gasteiger partial charge is 0.326 e. The molecule has 0 aliphatic rings. The fourth-order valence-corrected chi connectivity index (χ4v) is 5.11. The Morgan fingerprint density at radius 3 is 1.65 bits per heavy atom. The first-order chi connectivity index (χ1) is 23.0. The molecule has 0 radical (unpaired) electrons. The van der Waals surface area contributed by atoms with E-state index in [1.807, 2.05) is 0 Å². The normalized spacial score (nSPS) is 12.1. The van der Waals surface area contributed by atoms with E-state index >= 15 is 0 Å². The number of carbonyl (C=O) groups is 6. The summed E-state index contributed by atoms with van der Waals surface area (Å²) in [5, 5.41) is 35.0. The molecule has 8 N–H and O–H groups in total. The van der Waals surface area contributed by atoms with Crippen molar-refractivity contribution in [3.63, 3.8) is 0 Å². The van der Waals surface area contributed by atoms with E-state index in [-0.39, 0.29) is 49.9 Å². The average molecular weight is 677 g/mol. The molecule has 48 heavy (non-hydrogen) atoms. The van der Waals surface area contributed by atoms with Crippen molar-refractivity contribution in [1.82, 2.24) is 16.0 Å². The third-order valence-corrected chi connectivity index (χ3v) is 8.09. The van der Waals surface area contributed by atoms with Gasteiger partial charge in [-0.1, -0.05) is 76.3 Å². The van der Waals surface area contributed by atoms with E-state index in [1.165, 1.54) is 19.3 Å². The van der Waals surface area contributed by atoms with Gasteiger partial charge < -0.3 is 37.0 Å². The zero-order valence-electron chi connectivity index (χ0n) is 28.2. The summed E-state index contributed by atoms with van der Waals surface area (Å²) in [6.07, 6.45) is 14.3. The Morgan fingerprint density at radius 1 is 0.583 bits per heavy atom.